The number of piperazine rings is 1. The molecule has 2 fully saturated rings. The van der Waals surface area contributed by atoms with Gasteiger partial charge in [0.05, 0.1) is 17.3 Å². The van der Waals surface area contributed by atoms with E-state index in [1.54, 1.807) is 11.8 Å². The normalized spacial score (nSPS) is 23.3. The van der Waals surface area contributed by atoms with E-state index in [0.29, 0.717) is 24.6 Å². The Hall–Kier alpha value is -1.05. The second-order valence-corrected chi connectivity index (χ2v) is 10.7. The molecule has 2 saturated heterocycles. The number of benzene rings is 1. The van der Waals surface area contributed by atoms with Crippen LogP contribution in [0.3, 0.4) is 0 Å². The summed E-state index contributed by atoms with van der Waals surface area (Å²) in [5.41, 5.74) is 3.71. The summed E-state index contributed by atoms with van der Waals surface area (Å²) in [4.78, 5) is 18.0. The van der Waals surface area contributed by atoms with Crippen LogP contribution in [-0.4, -0.2) is 73.6 Å². The summed E-state index contributed by atoms with van der Waals surface area (Å²) in [5.74, 6) is 1.22. The molecule has 0 unspecified atom stereocenters. The van der Waals surface area contributed by atoms with E-state index in [1.165, 1.54) is 21.6 Å². The Morgan fingerprint density at radius 1 is 1.12 bits per heavy atom. The van der Waals surface area contributed by atoms with Crippen molar-refractivity contribution in [3.8, 4) is 0 Å². The molecule has 144 valence electrons. The topological polar surface area (TPSA) is 57.7 Å². The Labute approximate surface area is 161 Å². The van der Waals surface area contributed by atoms with Crippen molar-refractivity contribution >= 4 is 27.5 Å². The number of thioether (sulfide) groups is 1. The lowest BCUT2D eigenvalue weighted by molar-refractivity contribution is -0.130. The second-order valence-electron chi connectivity index (χ2n) is 7.49. The first-order chi connectivity index (χ1) is 12.2. The van der Waals surface area contributed by atoms with E-state index in [9.17, 15) is 13.2 Å². The molecule has 0 aromatic heterocycles. The maximum Gasteiger partial charge on any atom is 0.233 e. The molecule has 0 spiro atoms. The first-order valence-electron chi connectivity index (χ1n) is 9.18. The summed E-state index contributed by atoms with van der Waals surface area (Å²) in [7, 11) is -2.85. The van der Waals surface area contributed by atoms with Crippen molar-refractivity contribution in [2.45, 2.75) is 38.1 Å². The number of sulfone groups is 1. The first kappa shape index (κ1) is 19.7. The average molecular weight is 397 g/mol. The molecule has 1 atom stereocenters. The predicted molar refractivity (Wildman–Crippen MR) is 107 cm³/mol. The van der Waals surface area contributed by atoms with Gasteiger partial charge in [0.25, 0.3) is 0 Å². The van der Waals surface area contributed by atoms with Crippen molar-refractivity contribution in [1.82, 2.24) is 9.80 Å². The maximum absolute atomic E-state index is 12.6. The molecule has 1 aromatic rings. The zero-order valence-electron chi connectivity index (χ0n) is 15.8. The summed E-state index contributed by atoms with van der Waals surface area (Å²) in [6.45, 7) is 9.24. The van der Waals surface area contributed by atoms with Gasteiger partial charge in [-0.2, -0.15) is 0 Å². The van der Waals surface area contributed by atoms with Gasteiger partial charge in [0.2, 0.25) is 5.91 Å². The third-order valence-corrected chi connectivity index (χ3v) is 8.41. The largest absolute Gasteiger partial charge is 0.339 e. The number of carbonyl (C=O) groups is 1. The molecule has 3 rings (SSSR count). The lowest BCUT2D eigenvalue weighted by Crippen LogP contribution is -2.52. The molecule has 0 N–H and O–H groups in total. The smallest absolute Gasteiger partial charge is 0.233 e. The van der Waals surface area contributed by atoms with E-state index in [2.05, 4.69) is 37.8 Å². The molecule has 0 bridgehead atoms. The summed E-state index contributed by atoms with van der Waals surface area (Å²) >= 11 is 1.63. The Kier molecular flexibility index (Phi) is 5.99. The highest BCUT2D eigenvalue weighted by molar-refractivity contribution is 8.00. The molecule has 26 heavy (non-hydrogen) atoms. The van der Waals surface area contributed by atoms with Crippen LogP contribution in [0.15, 0.2) is 17.0 Å². The molecule has 2 aliphatic rings. The van der Waals surface area contributed by atoms with Crippen molar-refractivity contribution < 1.29 is 13.2 Å². The number of rotatable bonds is 4. The number of carbonyl (C=O) groups excluding carboxylic acids is 1. The molecule has 5 nitrogen and oxygen atoms in total. The Morgan fingerprint density at radius 3 is 2.27 bits per heavy atom. The number of aryl methyl sites for hydroxylation is 3. The molecule has 2 heterocycles. The maximum atomic E-state index is 12.6. The minimum atomic E-state index is -2.85. The zero-order chi connectivity index (χ0) is 18.9. The average Bonchev–Trinajstić information content (AvgIpc) is 2.94. The minimum Gasteiger partial charge on any atom is -0.339 e. The van der Waals surface area contributed by atoms with Gasteiger partial charge < -0.3 is 4.90 Å². The van der Waals surface area contributed by atoms with Gasteiger partial charge in [-0.25, -0.2) is 8.42 Å². The minimum absolute atomic E-state index is 0.143. The fraction of sp³-hybridized carbons (Fsp3) is 0.632. The van der Waals surface area contributed by atoms with Gasteiger partial charge in [-0.15, -0.1) is 11.8 Å². The van der Waals surface area contributed by atoms with E-state index in [0.717, 1.165) is 19.5 Å². The zero-order valence-corrected chi connectivity index (χ0v) is 17.5. The first-order valence-corrected chi connectivity index (χ1v) is 12.0. The lowest BCUT2D eigenvalue weighted by atomic mass is 10.1. The third kappa shape index (κ3) is 4.61. The number of hydrogen-bond donors (Lipinski definition) is 0. The van der Waals surface area contributed by atoms with Crippen LogP contribution < -0.4 is 0 Å². The van der Waals surface area contributed by atoms with Crippen LogP contribution in [0.5, 0.6) is 0 Å². The lowest BCUT2D eigenvalue weighted by Gasteiger charge is -2.37. The van der Waals surface area contributed by atoms with Crippen molar-refractivity contribution in [3.05, 3.63) is 28.8 Å². The molecule has 1 aromatic carbocycles. The molecular formula is C19H28N2O3S2. The van der Waals surface area contributed by atoms with Gasteiger partial charge in [0.1, 0.15) is 0 Å². The summed E-state index contributed by atoms with van der Waals surface area (Å²) in [5, 5.41) is 0. The van der Waals surface area contributed by atoms with E-state index in [-0.39, 0.29) is 17.7 Å². The Morgan fingerprint density at radius 2 is 1.73 bits per heavy atom. The fourth-order valence-corrected chi connectivity index (χ4v) is 6.80. The molecule has 7 heteroatoms. The number of nitrogens with zero attached hydrogens (tertiary/aromatic N) is 2. The summed E-state index contributed by atoms with van der Waals surface area (Å²) in [6.07, 6.45) is 0.734. The highest BCUT2D eigenvalue weighted by Crippen LogP contribution is 2.28. The van der Waals surface area contributed by atoms with Crippen LogP contribution in [0.2, 0.25) is 0 Å². The second kappa shape index (κ2) is 7.90. The van der Waals surface area contributed by atoms with Crippen molar-refractivity contribution in [1.29, 1.82) is 0 Å². The molecule has 2 aliphatic heterocycles. The van der Waals surface area contributed by atoms with E-state index < -0.39 is 9.84 Å². The van der Waals surface area contributed by atoms with Gasteiger partial charge in [-0.05, 0) is 38.3 Å². The van der Waals surface area contributed by atoms with Crippen LogP contribution >= 0.6 is 11.8 Å². The van der Waals surface area contributed by atoms with Crippen LogP contribution in [0, 0.1) is 20.8 Å². The number of hydrogen-bond acceptors (Lipinski definition) is 5. The highest BCUT2D eigenvalue weighted by atomic mass is 32.2. The van der Waals surface area contributed by atoms with Crippen LogP contribution in [0.4, 0.5) is 0 Å². The van der Waals surface area contributed by atoms with Crippen LogP contribution in [0.25, 0.3) is 0 Å². The number of amides is 1. The van der Waals surface area contributed by atoms with Crippen LogP contribution in [-0.2, 0) is 14.6 Å². The highest BCUT2D eigenvalue weighted by Gasteiger charge is 2.34. The van der Waals surface area contributed by atoms with Gasteiger partial charge >= 0.3 is 0 Å². The van der Waals surface area contributed by atoms with Gasteiger partial charge in [-0.1, -0.05) is 17.7 Å². The standard InChI is InChI=1S/C19H28N2O3S2/c1-14-10-15(2)19(16(3)11-14)25-12-18(22)21-7-5-20(6-8-21)17-4-9-26(23,24)13-17/h10-11,17H,4-9,12-13H2,1-3H3/t17-/m1/s1. The van der Waals surface area contributed by atoms with Crippen molar-refractivity contribution in [2.24, 2.45) is 0 Å². The Bertz CT molecular complexity index is 761. The third-order valence-electron chi connectivity index (χ3n) is 5.34. The molecular weight excluding hydrogens is 368 g/mol. The summed E-state index contributed by atoms with van der Waals surface area (Å²) < 4.78 is 23.3. The van der Waals surface area contributed by atoms with E-state index in [1.807, 2.05) is 4.90 Å². The molecule has 0 saturated carbocycles. The Balaban J connectivity index is 1.50. The van der Waals surface area contributed by atoms with Gasteiger partial charge in [0.15, 0.2) is 9.84 Å². The van der Waals surface area contributed by atoms with Crippen molar-refractivity contribution in [2.75, 3.05) is 43.4 Å². The predicted octanol–water partition coefficient (Wildman–Crippen LogP) is 2.04. The van der Waals surface area contributed by atoms with Gasteiger partial charge in [0, 0.05) is 37.1 Å². The quantitative estimate of drug-likeness (QED) is 0.729. The van der Waals surface area contributed by atoms with Crippen LogP contribution in [0.1, 0.15) is 23.1 Å². The van der Waals surface area contributed by atoms with Gasteiger partial charge in [-0.3, -0.25) is 9.69 Å². The van der Waals surface area contributed by atoms with E-state index in [4.69, 9.17) is 0 Å². The van der Waals surface area contributed by atoms with Crippen molar-refractivity contribution in [3.63, 3.8) is 0 Å². The molecule has 0 radical (unpaired) electrons. The fourth-order valence-electron chi connectivity index (χ4n) is 4.02. The molecule has 1 amide bonds. The van der Waals surface area contributed by atoms with E-state index >= 15 is 0 Å². The summed E-state index contributed by atoms with van der Waals surface area (Å²) in [6, 6.07) is 4.46. The monoisotopic (exact) mass is 396 g/mol. The molecule has 0 aliphatic carbocycles. The SMILES string of the molecule is Cc1cc(C)c(SCC(=O)N2CCN([C@@H]3CCS(=O)(=O)C3)CC2)c(C)c1.